The van der Waals surface area contributed by atoms with Crippen LogP contribution >= 0.6 is 0 Å². The standard InChI is InChI=1S/C21H26FN3O2/c1-13-4-5-15(11-18(13)22)10-14(2)24-19-7-6-16-8-9-25(21(26)27-3)12-17(16)20(19)23/h4-7,11,14,24H,8-10,12,23H2,1-3H3. The van der Waals surface area contributed by atoms with Gasteiger partial charge in [-0.3, -0.25) is 0 Å². The zero-order valence-electron chi connectivity index (χ0n) is 16.0. The average molecular weight is 371 g/mol. The van der Waals surface area contributed by atoms with Crippen molar-refractivity contribution in [1.82, 2.24) is 4.90 Å². The second-order valence-electron chi connectivity index (χ2n) is 7.14. The molecule has 1 heterocycles. The summed E-state index contributed by atoms with van der Waals surface area (Å²) in [5.41, 5.74) is 11.6. The number of amides is 1. The number of hydrogen-bond acceptors (Lipinski definition) is 4. The SMILES string of the molecule is COC(=O)N1CCc2ccc(NC(C)Cc3ccc(C)c(F)c3)c(N)c2C1. The summed E-state index contributed by atoms with van der Waals surface area (Å²) in [5, 5.41) is 3.42. The average Bonchev–Trinajstić information content (AvgIpc) is 2.66. The van der Waals surface area contributed by atoms with Gasteiger partial charge in [-0.15, -0.1) is 0 Å². The molecule has 2 aromatic carbocycles. The molecular formula is C21H26FN3O2. The smallest absolute Gasteiger partial charge is 0.409 e. The zero-order valence-corrected chi connectivity index (χ0v) is 16.0. The number of anilines is 2. The van der Waals surface area contributed by atoms with Crippen LogP contribution in [-0.4, -0.2) is 30.7 Å². The summed E-state index contributed by atoms with van der Waals surface area (Å²) < 4.78 is 18.6. The van der Waals surface area contributed by atoms with Crippen LogP contribution in [0.3, 0.4) is 0 Å². The minimum Gasteiger partial charge on any atom is -0.453 e. The molecule has 1 aliphatic heterocycles. The lowest BCUT2D eigenvalue weighted by molar-refractivity contribution is 0.119. The van der Waals surface area contributed by atoms with Crippen molar-refractivity contribution in [3.63, 3.8) is 0 Å². The van der Waals surface area contributed by atoms with Gasteiger partial charge in [-0.1, -0.05) is 18.2 Å². The molecule has 0 aromatic heterocycles. The number of carbonyl (C=O) groups is 1. The van der Waals surface area contributed by atoms with Gasteiger partial charge in [0.1, 0.15) is 5.82 Å². The number of methoxy groups -OCH3 is 1. The first kappa shape index (κ1) is 19.0. The highest BCUT2D eigenvalue weighted by Crippen LogP contribution is 2.31. The predicted molar refractivity (Wildman–Crippen MR) is 105 cm³/mol. The molecule has 0 radical (unpaired) electrons. The third kappa shape index (κ3) is 4.15. The fourth-order valence-electron chi connectivity index (χ4n) is 3.50. The number of ether oxygens (including phenoxy) is 1. The summed E-state index contributed by atoms with van der Waals surface area (Å²) >= 11 is 0. The number of nitrogens with zero attached hydrogens (tertiary/aromatic N) is 1. The van der Waals surface area contributed by atoms with Crippen molar-refractivity contribution in [2.75, 3.05) is 24.7 Å². The Morgan fingerprint density at radius 1 is 1.37 bits per heavy atom. The molecule has 0 saturated heterocycles. The second kappa shape index (κ2) is 7.86. The fraction of sp³-hybridized carbons (Fsp3) is 0.381. The van der Waals surface area contributed by atoms with Crippen LogP contribution in [0.25, 0.3) is 0 Å². The first-order valence-electron chi connectivity index (χ1n) is 9.13. The van der Waals surface area contributed by atoms with E-state index in [1.54, 1.807) is 24.0 Å². The maximum absolute atomic E-state index is 13.8. The molecule has 3 rings (SSSR count). The third-order valence-electron chi connectivity index (χ3n) is 5.07. The molecule has 0 aliphatic carbocycles. The van der Waals surface area contributed by atoms with Gasteiger partial charge in [-0.05, 0) is 61.1 Å². The van der Waals surface area contributed by atoms with Crippen molar-refractivity contribution >= 4 is 17.5 Å². The maximum Gasteiger partial charge on any atom is 0.409 e. The molecule has 1 atom stereocenters. The summed E-state index contributed by atoms with van der Waals surface area (Å²) in [6, 6.07) is 9.44. The van der Waals surface area contributed by atoms with Gasteiger partial charge in [-0.2, -0.15) is 0 Å². The summed E-state index contributed by atoms with van der Waals surface area (Å²) in [4.78, 5) is 13.5. The quantitative estimate of drug-likeness (QED) is 0.801. The molecule has 27 heavy (non-hydrogen) atoms. The van der Waals surface area contributed by atoms with E-state index in [4.69, 9.17) is 10.5 Å². The van der Waals surface area contributed by atoms with Gasteiger partial charge in [-0.25, -0.2) is 9.18 Å². The Kier molecular flexibility index (Phi) is 5.54. The molecule has 0 bridgehead atoms. The fourth-order valence-corrected chi connectivity index (χ4v) is 3.50. The third-order valence-corrected chi connectivity index (χ3v) is 5.07. The normalized spacial score (nSPS) is 14.4. The molecule has 1 amide bonds. The Balaban J connectivity index is 1.74. The Morgan fingerprint density at radius 2 is 2.15 bits per heavy atom. The minimum atomic E-state index is -0.340. The van der Waals surface area contributed by atoms with Gasteiger partial charge < -0.3 is 20.7 Å². The molecule has 0 saturated carbocycles. The van der Waals surface area contributed by atoms with Crippen molar-refractivity contribution in [3.05, 3.63) is 58.4 Å². The van der Waals surface area contributed by atoms with E-state index in [1.165, 1.54) is 7.11 Å². The number of carbonyl (C=O) groups excluding carboxylic acids is 1. The number of benzene rings is 2. The molecule has 0 fully saturated rings. The van der Waals surface area contributed by atoms with E-state index < -0.39 is 0 Å². The largest absolute Gasteiger partial charge is 0.453 e. The molecule has 2 aromatic rings. The van der Waals surface area contributed by atoms with Gasteiger partial charge in [0.25, 0.3) is 0 Å². The highest BCUT2D eigenvalue weighted by Gasteiger charge is 2.24. The van der Waals surface area contributed by atoms with Crippen molar-refractivity contribution in [2.45, 2.75) is 39.3 Å². The molecule has 0 spiro atoms. The highest BCUT2D eigenvalue weighted by atomic mass is 19.1. The molecule has 1 aliphatic rings. The van der Waals surface area contributed by atoms with E-state index >= 15 is 0 Å². The number of fused-ring (bicyclic) bond motifs is 1. The van der Waals surface area contributed by atoms with Crippen LogP contribution in [0, 0.1) is 12.7 Å². The summed E-state index contributed by atoms with van der Waals surface area (Å²) in [5.74, 6) is -0.184. The van der Waals surface area contributed by atoms with Gasteiger partial charge >= 0.3 is 6.09 Å². The van der Waals surface area contributed by atoms with Crippen LogP contribution in [0.4, 0.5) is 20.6 Å². The van der Waals surface area contributed by atoms with Crippen molar-refractivity contribution in [1.29, 1.82) is 0 Å². The van der Waals surface area contributed by atoms with Crippen LogP contribution in [-0.2, 0) is 24.1 Å². The van der Waals surface area contributed by atoms with Gasteiger partial charge in [0.05, 0.1) is 25.0 Å². The first-order chi connectivity index (χ1) is 12.9. The topological polar surface area (TPSA) is 67.6 Å². The molecule has 144 valence electrons. The Hall–Kier alpha value is -2.76. The number of nitrogens with two attached hydrogens (primary N) is 1. The number of nitrogens with one attached hydrogen (secondary N) is 1. The number of aryl methyl sites for hydroxylation is 1. The predicted octanol–water partition coefficient (Wildman–Crippen LogP) is 3.88. The Labute approximate surface area is 159 Å². The molecule has 5 nitrogen and oxygen atoms in total. The van der Waals surface area contributed by atoms with E-state index in [0.717, 1.165) is 28.8 Å². The Bertz CT molecular complexity index is 854. The van der Waals surface area contributed by atoms with E-state index in [2.05, 4.69) is 11.4 Å². The molecule has 1 unspecified atom stereocenters. The lowest BCUT2D eigenvalue weighted by Crippen LogP contribution is -2.36. The van der Waals surface area contributed by atoms with Crippen LogP contribution in [0.2, 0.25) is 0 Å². The monoisotopic (exact) mass is 371 g/mol. The molecule has 6 heteroatoms. The summed E-state index contributed by atoms with van der Waals surface area (Å²) in [6.07, 6.45) is 1.10. The van der Waals surface area contributed by atoms with Crippen LogP contribution in [0.5, 0.6) is 0 Å². The lowest BCUT2D eigenvalue weighted by atomic mass is 9.96. The van der Waals surface area contributed by atoms with Crippen molar-refractivity contribution in [3.8, 4) is 0 Å². The molecule has 3 N–H and O–H groups in total. The molecular weight excluding hydrogens is 345 g/mol. The second-order valence-corrected chi connectivity index (χ2v) is 7.14. The zero-order chi connectivity index (χ0) is 19.6. The van der Waals surface area contributed by atoms with Crippen LogP contribution < -0.4 is 11.1 Å². The lowest BCUT2D eigenvalue weighted by Gasteiger charge is -2.30. The highest BCUT2D eigenvalue weighted by molar-refractivity contribution is 5.74. The van der Waals surface area contributed by atoms with E-state index in [1.807, 2.05) is 19.1 Å². The minimum absolute atomic E-state index is 0.0766. The van der Waals surface area contributed by atoms with Crippen LogP contribution in [0.15, 0.2) is 30.3 Å². The number of halogens is 1. The van der Waals surface area contributed by atoms with E-state index in [0.29, 0.717) is 30.8 Å². The number of hydrogen-bond donors (Lipinski definition) is 2. The number of nitrogen functional groups attached to an aromatic ring is 1. The van der Waals surface area contributed by atoms with Gasteiger partial charge in [0, 0.05) is 12.6 Å². The van der Waals surface area contributed by atoms with Crippen LogP contribution in [0.1, 0.15) is 29.2 Å². The van der Waals surface area contributed by atoms with Gasteiger partial charge in [0.15, 0.2) is 0 Å². The number of rotatable bonds is 4. The van der Waals surface area contributed by atoms with Crippen molar-refractivity contribution in [2.24, 2.45) is 0 Å². The summed E-state index contributed by atoms with van der Waals surface area (Å²) in [6.45, 7) is 4.87. The van der Waals surface area contributed by atoms with E-state index in [9.17, 15) is 9.18 Å². The van der Waals surface area contributed by atoms with Gasteiger partial charge in [0.2, 0.25) is 0 Å². The van der Waals surface area contributed by atoms with Crippen molar-refractivity contribution < 1.29 is 13.9 Å². The van der Waals surface area contributed by atoms with E-state index in [-0.39, 0.29) is 18.0 Å². The first-order valence-corrected chi connectivity index (χ1v) is 9.13. The Morgan fingerprint density at radius 3 is 2.85 bits per heavy atom. The maximum atomic E-state index is 13.8. The summed E-state index contributed by atoms with van der Waals surface area (Å²) in [7, 11) is 1.38.